The molecule has 5 heterocycles. The maximum atomic E-state index is 5.45. The van der Waals surface area contributed by atoms with Crippen molar-refractivity contribution in [3.8, 4) is 45.0 Å². The smallest absolute Gasteiger partial charge is 0.0894 e. The summed E-state index contributed by atoms with van der Waals surface area (Å²) < 4.78 is 0. The van der Waals surface area contributed by atoms with Crippen LogP contribution >= 0.6 is 0 Å². The number of benzene rings is 8. The number of aromatic nitrogens is 6. The van der Waals surface area contributed by atoms with Gasteiger partial charge < -0.3 is 0 Å². The zero-order chi connectivity index (χ0) is 52.0. The summed E-state index contributed by atoms with van der Waals surface area (Å²) in [5.41, 5.74) is 14.5. The van der Waals surface area contributed by atoms with Gasteiger partial charge >= 0.3 is 0 Å². The highest BCUT2D eigenvalue weighted by atomic mass is 14.8. The van der Waals surface area contributed by atoms with Crippen molar-refractivity contribution in [1.82, 2.24) is 29.9 Å². The molecule has 0 aliphatic carbocycles. The summed E-state index contributed by atoms with van der Waals surface area (Å²) in [5.74, 6) is 0. The van der Waals surface area contributed by atoms with E-state index in [-0.39, 0.29) is 0 Å². The molecule has 0 spiro atoms. The van der Waals surface area contributed by atoms with Crippen molar-refractivity contribution >= 4 is 91.7 Å². The number of rotatable bonds is 12. The molecule has 13 rings (SSSR count). The summed E-state index contributed by atoms with van der Waals surface area (Å²) in [6, 6.07) is 76.0. The van der Waals surface area contributed by atoms with Crippen LogP contribution < -0.4 is 0 Å². The molecular weight excluding hydrogens is 949 g/mol. The van der Waals surface area contributed by atoms with E-state index in [1.54, 1.807) is 0 Å². The van der Waals surface area contributed by atoms with Crippen LogP contribution in [0.1, 0.15) is 45.0 Å². The third-order valence-corrected chi connectivity index (χ3v) is 14.1. The van der Waals surface area contributed by atoms with Gasteiger partial charge in [0.2, 0.25) is 0 Å². The molecule has 0 bridgehead atoms. The van der Waals surface area contributed by atoms with Crippen LogP contribution in [0.3, 0.4) is 0 Å². The standard InChI is InChI=1S/C72H48N6/c1-5-13-57-45-61(25-21-53(57)9-1)69-41-49(33-37-73-69)17-29-65-66(30-18-50-34-38-74-70(42-50)62-26-22-54-10-2-6-14-58(54)46-62)78-68(32-20-52-36-40-76-72(44-52)64-28-24-56-12-4-8-16-60(56)48-64)67(77-65)31-19-51-35-39-75-71(43-51)63-27-23-55-11-3-7-15-59(55)47-63/h1-48H. The van der Waals surface area contributed by atoms with Crippen LogP contribution in [0, 0.1) is 0 Å². The van der Waals surface area contributed by atoms with Crippen molar-refractivity contribution in [2.24, 2.45) is 0 Å². The van der Waals surface area contributed by atoms with Gasteiger partial charge in [-0.25, -0.2) is 9.97 Å². The zero-order valence-electron chi connectivity index (χ0n) is 42.4. The fraction of sp³-hybridized carbons (Fsp3) is 0. The number of fused-ring (bicyclic) bond motifs is 4. The Balaban J connectivity index is 0.912. The Labute approximate surface area is 452 Å². The van der Waals surface area contributed by atoms with Gasteiger partial charge in [-0.15, -0.1) is 0 Å². The first kappa shape index (κ1) is 47.2. The molecule has 0 radical (unpaired) electrons. The third-order valence-electron chi connectivity index (χ3n) is 14.1. The minimum Gasteiger partial charge on any atom is -0.256 e. The molecular formula is C72H48N6. The molecule has 0 unspecified atom stereocenters. The Hall–Kier alpha value is -10.6. The third kappa shape index (κ3) is 10.4. The van der Waals surface area contributed by atoms with Gasteiger partial charge in [-0.2, -0.15) is 0 Å². The second kappa shape index (κ2) is 21.4. The van der Waals surface area contributed by atoms with Gasteiger partial charge in [-0.05, 0) is 162 Å². The molecule has 5 aromatic heterocycles. The van der Waals surface area contributed by atoms with Crippen molar-refractivity contribution in [1.29, 1.82) is 0 Å². The van der Waals surface area contributed by atoms with Crippen LogP contribution in [0.2, 0.25) is 0 Å². The molecule has 0 aliphatic rings. The Bertz CT molecular complexity index is 3960. The minimum atomic E-state index is 0.699. The van der Waals surface area contributed by atoms with Crippen molar-refractivity contribution in [2.45, 2.75) is 0 Å². The van der Waals surface area contributed by atoms with E-state index in [1.807, 2.05) is 73.4 Å². The summed E-state index contributed by atoms with van der Waals surface area (Å²) in [6.45, 7) is 0. The lowest BCUT2D eigenvalue weighted by Crippen LogP contribution is -2.00. The lowest BCUT2D eigenvalue weighted by atomic mass is 10.0. The van der Waals surface area contributed by atoms with Crippen LogP contribution in [0.15, 0.2) is 243 Å². The van der Waals surface area contributed by atoms with E-state index in [9.17, 15) is 0 Å². The monoisotopic (exact) mass is 996 g/mol. The molecule has 0 amide bonds. The quantitative estimate of drug-likeness (QED) is 0.121. The molecule has 13 aromatic rings. The van der Waals surface area contributed by atoms with Crippen molar-refractivity contribution in [3.63, 3.8) is 0 Å². The highest BCUT2D eigenvalue weighted by Gasteiger charge is 2.12. The lowest BCUT2D eigenvalue weighted by Gasteiger charge is -2.09. The molecule has 0 saturated carbocycles. The predicted octanol–water partition coefficient (Wildman–Crippen LogP) is 18.0. The number of nitrogens with zero attached hydrogens (tertiary/aromatic N) is 6. The molecule has 366 valence electrons. The SMILES string of the molecule is C(=Cc1nc(C=Cc2ccnc(-c3ccc4ccccc4c3)c2)c(C=Cc2ccnc(-c3ccc4ccccc4c3)c2)nc1C=Cc1ccnc(-c2ccc3ccccc3c2)c1)c1ccnc(-c2ccc3ccccc3c2)c1. The average molecular weight is 997 g/mol. The molecule has 6 nitrogen and oxygen atoms in total. The normalized spacial score (nSPS) is 11.9. The van der Waals surface area contributed by atoms with Crippen LogP contribution in [-0.4, -0.2) is 29.9 Å². The van der Waals surface area contributed by atoms with Gasteiger partial charge in [0.1, 0.15) is 0 Å². The maximum absolute atomic E-state index is 5.45. The Morgan fingerprint density at radius 1 is 0.205 bits per heavy atom. The molecule has 6 heteroatoms. The highest BCUT2D eigenvalue weighted by molar-refractivity contribution is 5.91. The summed E-state index contributed by atoms with van der Waals surface area (Å²) >= 11 is 0. The van der Waals surface area contributed by atoms with Crippen LogP contribution in [0.5, 0.6) is 0 Å². The van der Waals surface area contributed by atoms with Gasteiger partial charge in [0.05, 0.1) is 45.6 Å². The predicted molar refractivity (Wildman–Crippen MR) is 326 cm³/mol. The van der Waals surface area contributed by atoms with Crippen molar-refractivity contribution in [3.05, 3.63) is 288 Å². The Kier molecular flexibility index (Phi) is 12.9. The van der Waals surface area contributed by atoms with Gasteiger partial charge in [-0.3, -0.25) is 19.9 Å². The van der Waals surface area contributed by atoms with E-state index < -0.39 is 0 Å². The molecule has 78 heavy (non-hydrogen) atoms. The molecule has 0 aliphatic heterocycles. The molecule has 8 aromatic carbocycles. The number of hydrogen-bond donors (Lipinski definition) is 0. The highest BCUT2D eigenvalue weighted by Crippen LogP contribution is 2.30. The fourth-order valence-corrected chi connectivity index (χ4v) is 9.91. The minimum absolute atomic E-state index is 0.699. The first-order valence-corrected chi connectivity index (χ1v) is 26.0. The fourth-order valence-electron chi connectivity index (χ4n) is 9.91. The van der Waals surface area contributed by atoms with Gasteiger partial charge in [0.25, 0.3) is 0 Å². The number of hydrogen-bond acceptors (Lipinski definition) is 6. The molecule has 0 saturated heterocycles. The summed E-state index contributed by atoms with van der Waals surface area (Å²) in [4.78, 5) is 30.1. The largest absolute Gasteiger partial charge is 0.256 e. The van der Waals surface area contributed by atoms with Gasteiger partial charge in [-0.1, -0.05) is 170 Å². The van der Waals surface area contributed by atoms with Gasteiger partial charge in [0.15, 0.2) is 0 Å². The average Bonchev–Trinajstić information content (AvgIpc) is 3.52. The number of pyridine rings is 4. The Morgan fingerprint density at radius 3 is 0.679 bits per heavy atom. The van der Waals surface area contributed by atoms with E-state index in [0.29, 0.717) is 22.8 Å². The maximum Gasteiger partial charge on any atom is 0.0894 e. The van der Waals surface area contributed by atoms with E-state index in [0.717, 1.165) is 67.3 Å². The molecule has 0 N–H and O–H groups in total. The van der Waals surface area contributed by atoms with Crippen LogP contribution in [0.25, 0.3) is 137 Å². The molecule has 0 fully saturated rings. The lowest BCUT2D eigenvalue weighted by molar-refractivity contribution is 1.12. The second-order valence-electron chi connectivity index (χ2n) is 19.2. The van der Waals surface area contributed by atoms with Gasteiger partial charge in [0, 0.05) is 47.0 Å². The van der Waals surface area contributed by atoms with Crippen LogP contribution in [-0.2, 0) is 0 Å². The Morgan fingerprint density at radius 2 is 0.436 bits per heavy atom. The summed E-state index contributed by atoms with van der Waals surface area (Å²) in [7, 11) is 0. The van der Waals surface area contributed by atoms with E-state index in [2.05, 4.69) is 218 Å². The van der Waals surface area contributed by atoms with Crippen molar-refractivity contribution in [2.75, 3.05) is 0 Å². The van der Waals surface area contributed by atoms with E-state index in [1.165, 1.54) is 43.1 Å². The van der Waals surface area contributed by atoms with Crippen molar-refractivity contribution < 1.29 is 0 Å². The van der Waals surface area contributed by atoms with E-state index in [4.69, 9.17) is 29.9 Å². The topological polar surface area (TPSA) is 77.3 Å². The summed E-state index contributed by atoms with van der Waals surface area (Å²) in [6.07, 6.45) is 24.0. The second-order valence-corrected chi connectivity index (χ2v) is 19.2. The molecule has 0 atom stereocenters. The van der Waals surface area contributed by atoms with E-state index >= 15 is 0 Å². The first-order valence-electron chi connectivity index (χ1n) is 26.0. The first-order chi connectivity index (χ1) is 38.6. The zero-order valence-corrected chi connectivity index (χ0v) is 42.4. The summed E-state index contributed by atoms with van der Waals surface area (Å²) in [5, 5.41) is 9.45. The van der Waals surface area contributed by atoms with Crippen LogP contribution in [0.4, 0.5) is 0 Å².